The van der Waals surface area contributed by atoms with Crippen LogP contribution in [0.25, 0.3) is 28.0 Å². The number of amides is 1. The first-order valence-electron chi connectivity index (χ1n) is 14.5. The Kier molecular flexibility index (Phi) is 7.75. The molecule has 6 rings (SSSR count). The van der Waals surface area contributed by atoms with Crippen molar-refractivity contribution < 1.29 is 9.90 Å². The number of carbonyl (C=O) groups is 1. The molecule has 1 aromatic carbocycles. The van der Waals surface area contributed by atoms with Gasteiger partial charge in [0.05, 0.1) is 43.8 Å². The molecule has 4 aromatic rings. The highest BCUT2D eigenvalue weighted by atomic mass is 35.5. The van der Waals surface area contributed by atoms with Crippen molar-refractivity contribution in [2.45, 2.75) is 39.2 Å². The molecule has 0 radical (unpaired) electrons. The molecule has 1 amide bonds. The maximum absolute atomic E-state index is 14.3. The van der Waals surface area contributed by atoms with Gasteiger partial charge in [-0.3, -0.25) is 9.78 Å². The van der Waals surface area contributed by atoms with Crippen LogP contribution in [0.15, 0.2) is 47.9 Å². The lowest BCUT2D eigenvalue weighted by Crippen LogP contribution is -2.56. The molecule has 10 nitrogen and oxygen atoms in total. The minimum absolute atomic E-state index is 0.00760. The van der Waals surface area contributed by atoms with E-state index in [0.29, 0.717) is 60.8 Å². The Morgan fingerprint density at radius 1 is 1.14 bits per heavy atom. The summed E-state index contributed by atoms with van der Waals surface area (Å²) >= 11 is 13.9. The van der Waals surface area contributed by atoms with Crippen molar-refractivity contribution in [3.8, 4) is 22.7 Å². The number of hydrogen-bond donors (Lipinski definition) is 1. The molecule has 2 aliphatic rings. The summed E-state index contributed by atoms with van der Waals surface area (Å²) in [4.78, 5) is 47.1. The maximum atomic E-state index is 14.3. The Hall–Kier alpha value is -4.15. The lowest BCUT2D eigenvalue weighted by atomic mass is 10.0. The number of anilines is 2. The monoisotopic (exact) mass is 633 g/mol. The van der Waals surface area contributed by atoms with Crippen LogP contribution in [0.5, 0.6) is 5.75 Å². The number of hydrogen-bond acceptors (Lipinski definition) is 8. The number of pyridine rings is 2. The van der Waals surface area contributed by atoms with Gasteiger partial charge in [0.1, 0.15) is 11.6 Å². The number of aromatic hydroxyl groups is 1. The van der Waals surface area contributed by atoms with Crippen LogP contribution in [-0.2, 0) is 4.79 Å². The molecule has 0 aliphatic carbocycles. The normalized spacial score (nSPS) is 16.6. The molecule has 12 heteroatoms. The molecular formula is C32H33Cl2N7O3. The first-order valence-corrected chi connectivity index (χ1v) is 15.3. The van der Waals surface area contributed by atoms with Gasteiger partial charge in [-0.05, 0) is 49.1 Å². The van der Waals surface area contributed by atoms with Gasteiger partial charge in [-0.2, -0.15) is 4.98 Å². The van der Waals surface area contributed by atoms with Crippen LogP contribution in [0.4, 0.5) is 11.5 Å². The quantitative estimate of drug-likeness (QED) is 0.301. The van der Waals surface area contributed by atoms with Gasteiger partial charge < -0.3 is 19.8 Å². The van der Waals surface area contributed by atoms with Crippen LogP contribution < -0.4 is 15.5 Å². The van der Waals surface area contributed by atoms with Crippen LogP contribution >= 0.6 is 23.2 Å². The van der Waals surface area contributed by atoms with E-state index < -0.39 is 5.69 Å². The first-order chi connectivity index (χ1) is 21.0. The second-order valence-corrected chi connectivity index (χ2v) is 12.4. The van der Waals surface area contributed by atoms with Crippen molar-refractivity contribution in [1.29, 1.82) is 0 Å². The van der Waals surface area contributed by atoms with Gasteiger partial charge in [0.15, 0.2) is 5.65 Å². The van der Waals surface area contributed by atoms with Crippen molar-refractivity contribution in [1.82, 2.24) is 24.4 Å². The molecule has 0 spiro atoms. The number of carbonyl (C=O) groups excluding carboxylic acids is 1. The summed E-state index contributed by atoms with van der Waals surface area (Å²) in [6.45, 7) is 11.6. The Labute approximate surface area is 265 Å². The zero-order valence-electron chi connectivity index (χ0n) is 25.0. The number of phenolic OH excluding ortho intramolecular Hbond substituents is 1. The molecule has 44 heavy (non-hydrogen) atoms. The summed E-state index contributed by atoms with van der Waals surface area (Å²) in [5, 5.41) is 12.1. The van der Waals surface area contributed by atoms with E-state index in [1.54, 1.807) is 23.2 Å². The van der Waals surface area contributed by atoms with Crippen molar-refractivity contribution in [3.05, 3.63) is 74.9 Å². The second kappa shape index (κ2) is 11.4. The van der Waals surface area contributed by atoms with Crippen LogP contribution in [0.1, 0.15) is 37.4 Å². The fourth-order valence-corrected chi connectivity index (χ4v) is 6.96. The SMILES string of the molecule is C=CC(=O)N1CCN2c3nc(=O)n(-c4c(C)ccnc4C(C)C)c4nc(-c5c(O)cccc5Cl)c(Cl)c(c34)N(C)CCC2C1. The van der Waals surface area contributed by atoms with Gasteiger partial charge >= 0.3 is 5.69 Å². The summed E-state index contributed by atoms with van der Waals surface area (Å²) in [7, 11) is 1.93. The lowest BCUT2D eigenvalue weighted by molar-refractivity contribution is -0.126. The topological polar surface area (TPSA) is 108 Å². The number of nitrogens with zero attached hydrogens (tertiary/aromatic N) is 7. The van der Waals surface area contributed by atoms with E-state index >= 15 is 0 Å². The predicted molar refractivity (Wildman–Crippen MR) is 175 cm³/mol. The molecule has 1 fully saturated rings. The summed E-state index contributed by atoms with van der Waals surface area (Å²) in [6.07, 6.45) is 3.73. The van der Waals surface area contributed by atoms with Crippen molar-refractivity contribution in [2.24, 2.45) is 0 Å². The van der Waals surface area contributed by atoms with E-state index in [0.717, 1.165) is 11.3 Å². The van der Waals surface area contributed by atoms with Gasteiger partial charge in [0, 0.05) is 45.5 Å². The number of phenols is 1. The molecule has 0 bridgehead atoms. The molecule has 228 valence electrons. The number of rotatable bonds is 4. The van der Waals surface area contributed by atoms with Crippen LogP contribution in [-0.4, -0.2) is 74.7 Å². The summed E-state index contributed by atoms with van der Waals surface area (Å²) in [5.41, 5.74) is 3.10. The van der Waals surface area contributed by atoms with Crippen LogP contribution in [0, 0.1) is 6.92 Å². The zero-order chi connectivity index (χ0) is 31.4. The van der Waals surface area contributed by atoms with Gasteiger partial charge in [0.2, 0.25) is 5.91 Å². The van der Waals surface area contributed by atoms with Gasteiger partial charge in [-0.1, -0.05) is 49.7 Å². The Morgan fingerprint density at radius 2 is 1.91 bits per heavy atom. The third-order valence-electron chi connectivity index (χ3n) is 8.50. The molecule has 1 saturated heterocycles. The Balaban J connectivity index is 1.75. The summed E-state index contributed by atoms with van der Waals surface area (Å²) in [5.74, 6) is 0.233. The number of halogens is 2. The number of fused-ring (bicyclic) bond motifs is 2. The van der Waals surface area contributed by atoms with E-state index in [9.17, 15) is 14.7 Å². The van der Waals surface area contributed by atoms with E-state index in [1.807, 2.05) is 38.8 Å². The third kappa shape index (κ3) is 4.77. The Morgan fingerprint density at radius 3 is 2.61 bits per heavy atom. The summed E-state index contributed by atoms with van der Waals surface area (Å²) in [6, 6.07) is 6.58. The van der Waals surface area contributed by atoms with E-state index in [2.05, 4.69) is 16.5 Å². The van der Waals surface area contributed by atoms with E-state index in [4.69, 9.17) is 33.2 Å². The van der Waals surface area contributed by atoms with Gasteiger partial charge in [-0.15, -0.1) is 0 Å². The smallest absolute Gasteiger partial charge is 0.355 e. The van der Waals surface area contributed by atoms with E-state index in [1.165, 1.54) is 16.7 Å². The van der Waals surface area contributed by atoms with E-state index in [-0.39, 0.29) is 44.9 Å². The third-order valence-corrected chi connectivity index (χ3v) is 9.17. The minimum Gasteiger partial charge on any atom is -0.507 e. The minimum atomic E-state index is -0.521. The fraction of sp³-hybridized carbons (Fsp3) is 0.344. The highest BCUT2D eigenvalue weighted by Crippen LogP contribution is 2.47. The van der Waals surface area contributed by atoms with Crippen molar-refractivity contribution in [2.75, 3.05) is 43.0 Å². The number of piperazine rings is 1. The fourth-order valence-electron chi connectivity index (χ4n) is 6.32. The highest BCUT2D eigenvalue weighted by molar-refractivity contribution is 6.39. The van der Waals surface area contributed by atoms with Crippen molar-refractivity contribution in [3.63, 3.8) is 0 Å². The molecule has 2 aliphatic heterocycles. The average molecular weight is 635 g/mol. The maximum Gasteiger partial charge on any atom is 0.355 e. The zero-order valence-corrected chi connectivity index (χ0v) is 26.5. The van der Waals surface area contributed by atoms with Crippen molar-refractivity contribution >= 4 is 51.6 Å². The largest absolute Gasteiger partial charge is 0.507 e. The molecule has 3 aromatic heterocycles. The van der Waals surface area contributed by atoms with Gasteiger partial charge in [0.25, 0.3) is 0 Å². The number of benzene rings is 1. The molecule has 1 unspecified atom stereocenters. The molecule has 1 N–H and O–H groups in total. The molecule has 0 saturated carbocycles. The average Bonchev–Trinajstić information content (AvgIpc) is 2.99. The van der Waals surface area contributed by atoms with Gasteiger partial charge in [-0.25, -0.2) is 14.3 Å². The molecular weight excluding hydrogens is 601 g/mol. The standard InChI is InChI=1S/C32H33Cl2N7O3/c1-6-22(43)39-14-15-40-19(16-39)11-13-38(5)29-24-30(40)37-32(44)41(28-18(4)10-12-35-26(28)17(2)3)31(24)36-27(25(29)34)23-20(33)8-7-9-21(23)42/h6-10,12,17,19,42H,1,11,13-16H2,2-5H3. The van der Waals surface area contributed by atoms with Crippen LogP contribution in [0.3, 0.4) is 0 Å². The second-order valence-electron chi connectivity index (χ2n) is 11.6. The Bertz CT molecular complexity index is 1870. The highest BCUT2D eigenvalue weighted by Gasteiger charge is 2.36. The number of aromatic nitrogens is 4. The lowest BCUT2D eigenvalue weighted by Gasteiger charge is -2.44. The molecule has 1 atom stereocenters. The first kappa shape index (κ1) is 29.9. The predicted octanol–water partition coefficient (Wildman–Crippen LogP) is 5.33. The molecule has 5 heterocycles. The summed E-state index contributed by atoms with van der Waals surface area (Å²) < 4.78 is 1.51. The van der Waals surface area contributed by atoms with Crippen LogP contribution in [0.2, 0.25) is 10.0 Å². The number of aryl methyl sites for hydroxylation is 1.